The molecule has 1 aliphatic rings. The Kier molecular flexibility index (Phi) is 7.51. The van der Waals surface area contributed by atoms with Gasteiger partial charge in [-0.15, -0.1) is 12.4 Å². The Balaban J connectivity index is 0.00000288. The van der Waals surface area contributed by atoms with Gasteiger partial charge in [-0.2, -0.15) is 0 Å². The zero-order chi connectivity index (χ0) is 17.0. The van der Waals surface area contributed by atoms with Gasteiger partial charge in [0.2, 0.25) is 11.8 Å². The summed E-state index contributed by atoms with van der Waals surface area (Å²) in [7, 11) is 1.56. The minimum atomic E-state index is -0.443. The van der Waals surface area contributed by atoms with E-state index in [9.17, 15) is 9.59 Å². The van der Waals surface area contributed by atoms with Gasteiger partial charge in [0.1, 0.15) is 11.8 Å². The van der Waals surface area contributed by atoms with Crippen LogP contribution < -0.4 is 15.8 Å². The number of carbonyl (C=O) groups excluding carboxylic acids is 2. The SMILES string of the molecule is COc1ccc(C)cc1NC(=O)C1CCCN1C(=O)C(C)CN.Cl. The van der Waals surface area contributed by atoms with Gasteiger partial charge in [0.25, 0.3) is 0 Å². The number of amides is 2. The van der Waals surface area contributed by atoms with E-state index in [2.05, 4.69) is 5.32 Å². The van der Waals surface area contributed by atoms with Gasteiger partial charge < -0.3 is 20.7 Å². The first-order valence-electron chi connectivity index (χ1n) is 7.94. The molecule has 2 amide bonds. The number of rotatable bonds is 5. The van der Waals surface area contributed by atoms with Crippen LogP contribution in [0.25, 0.3) is 0 Å². The molecule has 134 valence electrons. The van der Waals surface area contributed by atoms with Gasteiger partial charge in [-0.1, -0.05) is 13.0 Å². The van der Waals surface area contributed by atoms with Crippen LogP contribution in [0.2, 0.25) is 0 Å². The number of nitrogens with two attached hydrogens (primary N) is 1. The third-order valence-electron chi connectivity index (χ3n) is 4.23. The van der Waals surface area contributed by atoms with Crippen molar-refractivity contribution in [3.63, 3.8) is 0 Å². The van der Waals surface area contributed by atoms with Crippen molar-refractivity contribution in [3.05, 3.63) is 23.8 Å². The van der Waals surface area contributed by atoms with E-state index >= 15 is 0 Å². The first kappa shape index (κ1) is 20.3. The molecule has 1 aliphatic heterocycles. The molecule has 1 aromatic rings. The summed E-state index contributed by atoms with van der Waals surface area (Å²) in [5, 5.41) is 2.90. The molecule has 1 fully saturated rings. The minimum Gasteiger partial charge on any atom is -0.495 e. The monoisotopic (exact) mass is 355 g/mol. The fourth-order valence-electron chi connectivity index (χ4n) is 2.82. The average Bonchev–Trinajstić information content (AvgIpc) is 3.03. The molecule has 2 rings (SSSR count). The topological polar surface area (TPSA) is 84.7 Å². The highest BCUT2D eigenvalue weighted by Crippen LogP contribution is 2.27. The predicted octanol–water partition coefficient (Wildman–Crippen LogP) is 1.95. The zero-order valence-electron chi connectivity index (χ0n) is 14.4. The molecule has 0 spiro atoms. The molecule has 0 aromatic heterocycles. The van der Waals surface area contributed by atoms with Gasteiger partial charge in [0.15, 0.2) is 0 Å². The summed E-state index contributed by atoms with van der Waals surface area (Å²) in [6.07, 6.45) is 1.50. The van der Waals surface area contributed by atoms with Crippen molar-refractivity contribution in [1.82, 2.24) is 4.90 Å². The molecule has 2 unspecified atom stereocenters. The summed E-state index contributed by atoms with van der Waals surface area (Å²) in [5.74, 6) is 0.109. The van der Waals surface area contributed by atoms with E-state index in [1.807, 2.05) is 25.1 Å². The average molecular weight is 356 g/mol. The smallest absolute Gasteiger partial charge is 0.247 e. The van der Waals surface area contributed by atoms with Gasteiger partial charge in [-0.25, -0.2) is 0 Å². The molecule has 0 bridgehead atoms. The lowest BCUT2D eigenvalue weighted by molar-refractivity contribution is -0.139. The van der Waals surface area contributed by atoms with E-state index < -0.39 is 6.04 Å². The lowest BCUT2D eigenvalue weighted by atomic mass is 10.1. The molecule has 0 radical (unpaired) electrons. The van der Waals surface area contributed by atoms with E-state index in [1.165, 1.54) is 0 Å². The Bertz CT molecular complexity index is 594. The molecule has 6 nitrogen and oxygen atoms in total. The molecule has 7 heteroatoms. The Morgan fingerprint density at radius 1 is 1.46 bits per heavy atom. The maximum Gasteiger partial charge on any atom is 0.247 e. The van der Waals surface area contributed by atoms with Crippen LogP contribution in [0.3, 0.4) is 0 Å². The number of halogens is 1. The summed E-state index contributed by atoms with van der Waals surface area (Å²) < 4.78 is 5.28. The number of nitrogens with one attached hydrogen (secondary N) is 1. The number of anilines is 1. The number of methoxy groups -OCH3 is 1. The van der Waals surface area contributed by atoms with Crippen molar-refractivity contribution in [1.29, 1.82) is 0 Å². The molecule has 1 saturated heterocycles. The molecule has 0 saturated carbocycles. The molecule has 24 heavy (non-hydrogen) atoms. The van der Waals surface area contributed by atoms with E-state index in [4.69, 9.17) is 10.5 Å². The Labute approximate surface area is 149 Å². The number of ether oxygens (including phenoxy) is 1. The highest BCUT2D eigenvalue weighted by molar-refractivity contribution is 5.98. The third kappa shape index (κ3) is 4.39. The van der Waals surface area contributed by atoms with Crippen LogP contribution in [-0.4, -0.2) is 43.0 Å². The highest BCUT2D eigenvalue weighted by Gasteiger charge is 2.35. The largest absolute Gasteiger partial charge is 0.495 e. The van der Waals surface area contributed by atoms with Gasteiger partial charge in [-0.05, 0) is 37.5 Å². The van der Waals surface area contributed by atoms with Crippen LogP contribution in [0.4, 0.5) is 5.69 Å². The maximum atomic E-state index is 12.6. The summed E-state index contributed by atoms with van der Waals surface area (Å²) in [6.45, 7) is 4.63. The van der Waals surface area contributed by atoms with Crippen LogP contribution >= 0.6 is 12.4 Å². The molecule has 2 atom stereocenters. The van der Waals surface area contributed by atoms with E-state index in [1.54, 1.807) is 18.9 Å². The molecular formula is C17H26ClN3O3. The van der Waals surface area contributed by atoms with Crippen LogP contribution in [0.1, 0.15) is 25.3 Å². The number of benzene rings is 1. The summed E-state index contributed by atoms with van der Waals surface area (Å²) in [4.78, 5) is 26.6. The minimum absolute atomic E-state index is 0. The summed E-state index contributed by atoms with van der Waals surface area (Å²) in [6, 6.07) is 5.16. The fraction of sp³-hybridized carbons (Fsp3) is 0.529. The third-order valence-corrected chi connectivity index (χ3v) is 4.23. The number of hydrogen-bond donors (Lipinski definition) is 2. The number of nitrogens with zero attached hydrogens (tertiary/aromatic N) is 1. The molecule has 0 aliphatic carbocycles. The Hall–Kier alpha value is -1.79. The van der Waals surface area contributed by atoms with Crippen molar-refractivity contribution in [2.45, 2.75) is 32.7 Å². The quantitative estimate of drug-likeness (QED) is 0.845. The Morgan fingerprint density at radius 2 is 2.17 bits per heavy atom. The van der Waals surface area contributed by atoms with Crippen molar-refractivity contribution in [3.8, 4) is 5.75 Å². The van der Waals surface area contributed by atoms with Crippen molar-refractivity contribution in [2.24, 2.45) is 11.7 Å². The number of likely N-dealkylation sites (tertiary alicyclic amines) is 1. The molecule has 1 heterocycles. The number of aryl methyl sites for hydroxylation is 1. The van der Waals surface area contributed by atoms with E-state index in [0.717, 1.165) is 12.0 Å². The number of hydrogen-bond acceptors (Lipinski definition) is 4. The number of carbonyl (C=O) groups is 2. The predicted molar refractivity (Wildman–Crippen MR) is 96.6 cm³/mol. The second kappa shape index (κ2) is 8.89. The van der Waals surface area contributed by atoms with E-state index in [0.29, 0.717) is 24.4 Å². The van der Waals surface area contributed by atoms with Gasteiger partial charge in [0, 0.05) is 19.0 Å². The first-order valence-corrected chi connectivity index (χ1v) is 7.94. The standard InChI is InChI=1S/C17H25N3O3.ClH/c1-11-6-7-15(23-3)13(9-11)19-16(21)14-5-4-8-20(14)17(22)12(2)10-18;/h6-7,9,12,14H,4-5,8,10,18H2,1-3H3,(H,19,21);1H. The zero-order valence-corrected chi connectivity index (χ0v) is 15.2. The van der Waals surface area contributed by atoms with Crippen LogP contribution in [0.5, 0.6) is 5.75 Å². The fourth-order valence-corrected chi connectivity index (χ4v) is 2.82. The van der Waals surface area contributed by atoms with Crippen LogP contribution in [0.15, 0.2) is 18.2 Å². The molecule has 1 aromatic carbocycles. The normalized spacial score (nSPS) is 17.8. The summed E-state index contributed by atoms with van der Waals surface area (Å²) in [5.41, 5.74) is 7.23. The molecular weight excluding hydrogens is 330 g/mol. The van der Waals surface area contributed by atoms with Crippen molar-refractivity contribution in [2.75, 3.05) is 25.5 Å². The van der Waals surface area contributed by atoms with Crippen molar-refractivity contribution >= 4 is 29.9 Å². The lowest BCUT2D eigenvalue weighted by Crippen LogP contribution is -2.46. The second-order valence-electron chi connectivity index (χ2n) is 6.02. The van der Waals surface area contributed by atoms with Gasteiger partial charge >= 0.3 is 0 Å². The molecule has 3 N–H and O–H groups in total. The maximum absolute atomic E-state index is 12.6. The second-order valence-corrected chi connectivity index (χ2v) is 6.02. The first-order chi connectivity index (χ1) is 11.0. The Morgan fingerprint density at radius 3 is 2.79 bits per heavy atom. The summed E-state index contributed by atoms with van der Waals surface area (Å²) >= 11 is 0. The van der Waals surface area contributed by atoms with E-state index in [-0.39, 0.29) is 36.7 Å². The van der Waals surface area contributed by atoms with Crippen LogP contribution in [0, 0.1) is 12.8 Å². The lowest BCUT2D eigenvalue weighted by Gasteiger charge is -2.26. The van der Waals surface area contributed by atoms with Crippen LogP contribution in [-0.2, 0) is 9.59 Å². The van der Waals surface area contributed by atoms with Gasteiger partial charge in [-0.3, -0.25) is 9.59 Å². The van der Waals surface area contributed by atoms with Crippen molar-refractivity contribution < 1.29 is 14.3 Å². The highest BCUT2D eigenvalue weighted by atomic mass is 35.5. The van der Waals surface area contributed by atoms with Gasteiger partial charge in [0.05, 0.1) is 12.8 Å².